The summed E-state index contributed by atoms with van der Waals surface area (Å²) in [6.45, 7) is 1.39. The summed E-state index contributed by atoms with van der Waals surface area (Å²) in [4.78, 5) is 18.6. The number of hydrogen-bond acceptors (Lipinski definition) is 4. The average molecular weight is 348 g/mol. The van der Waals surface area contributed by atoms with Crippen LogP contribution in [-0.2, 0) is 12.8 Å². The van der Waals surface area contributed by atoms with Gasteiger partial charge in [-0.2, -0.15) is 5.10 Å². The van der Waals surface area contributed by atoms with Gasteiger partial charge >= 0.3 is 6.03 Å². The highest BCUT2D eigenvalue weighted by molar-refractivity contribution is 5.94. The molecule has 132 valence electrons. The highest BCUT2D eigenvalue weighted by Crippen LogP contribution is 2.37. The molecule has 0 aliphatic carbocycles. The SMILES string of the molecule is O=C(NCCc1ncn[nH]1)Nc1ccccc1N1CCc2ccccc21. The number of amides is 2. The van der Waals surface area contributed by atoms with Crippen LogP contribution in [0.3, 0.4) is 0 Å². The number of anilines is 3. The Bertz CT molecular complexity index is 893. The maximum absolute atomic E-state index is 12.3. The number of aromatic nitrogens is 3. The van der Waals surface area contributed by atoms with E-state index in [0.717, 1.165) is 30.2 Å². The monoisotopic (exact) mass is 348 g/mol. The molecule has 0 atom stereocenters. The van der Waals surface area contributed by atoms with Gasteiger partial charge in [-0.15, -0.1) is 0 Å². The Morgan fingerprint density at radius 3 is 2.77 bits per heavy atom. The topological polar surface area (TPSA) is 85.9 Å². The number of H-pyrrole nitrogens is 1. The molecule has 7 nitrogen and oxygen atoms in total. The minimum Gasteiger partial charge on any atom is -0.339 e. The molecule has 26 heavy (non-hydrogen) atoms. The molecule has 1 aliphatic rings. The van der Waals surface area contributed by atoms with E-state index >= 15 is 0 Å². The van der Waals surface area contributed by atoms with Gasteiger partial charge in [0.25, 0.3) is 0 Å². The molecule has 1 aromatic heterocycles. The van der Waals surface area contributed by atoms with Crippen LogP contribution in [0.4, 0.5) is 21.9 Å². The molecular weight excluding hydrogens is 328 g/mol. The fourth-order valence-electron chi connectivity index (χ4n) is 3.22. The predicted molar refractivity (Wildman–Crippen MR) is 101 cm³/mol. The zero-order valence-electron chi connectivity index (χ0n) is 14.3. The van der Waals surface area contributed by atoms with Gasteiger partial charge in [-0.1, -0.05) is 30.3 Å². The van der Waals surface area contributed by atoms with Crippen LogP contribution in [-0.4, -0.2) is 34.3 Å². The van der Waals surface area contributed by atoms with Gasteiger partial charge in [0.1, 0.15) is 12.2 Å². The van der Waals surface area contributed by atoms with Gasteiger partial charge in [0.15, 0.2) is 0 Å². The molecule has 0 saturated carbocycles. The standard InChI is InChI=1S/C19H20N6O/c26-19(20-11-9-18-21-13-22-24-18)23-15-6-2-4-8-17(15)25-12-10-14-5-1-3-7-16(14)25/h1-8,13H,9-12H2,(H2,20,23,26)(H,21,22,24). The highest BCUT2D eigenvalue weighted by atomic mass is 16.2. The lowest BCUT2D eigenvalue weighted by atomic mass is 10.2. The van der Waals surface area contributed by atoms with Crippen LogP contribution in [0.2, 0.25) is 0 Å². The lowest BCUT2D eigenvalue weighted by Crippen LogP contribution is -2.31. The molecule has 2 heterocycles. The van der Waals surface area contributed by atoms with Crippen molar-refractivity contribution in [2.24, 2.45) is 0 Å². The molecule has 2 aromatic carbocycles. The number of hydrogen-bond donors (Lipinski definition) is 3. The van der Waals surface area contributed by atoms with Crippen LogP contribution < -0.4 is 15.5 Å². The van der Waals surface area contributed by atoms with Crippen molar-refractivity contribution >= 4 is 23.1 Å². The van der Waals surface area contributed by atoms with Crippen molar-refractivity contribution in [3.8, 4) is 0 Å². The lowest BCUT2D eigenvalue weighted by Gasteiger charge is -2.23. The van der Waals surface area contributed by atoms with Crippen LogP contribution >= 0.6 is 0 Å². The van der Waals surface area contributed by atoms with E-state index in [2.05, 4.69) is 48.9 Å². The quantitative estimate of drug-likeness (QED) is 0.662. The third kappa shape index (κ3) is 3.37. The van der Waals surface area contributed by atoms with Crippen LogP contribution in [0.25, 0.3) is 0 Å². The second kappa shape index (κ2) is 7.26. The highest BCUT2D eigenvalue weighted by Gasteiger charge is 2.22. The zero-order chi connectivity index (χ0) is 17.8. The summed E-state index contributed by atoms with van der Waals surface area (Å²) in [6, 6.07) is 16.0. The van der Waals surface area contributed by atoms with Crippen molar-refractivity contribution in [1.82, 2.24) is 20.5 Å². The number of rotatable bonds is 5. The molecule has 0 bridgehead atoms. The Hall–Kier alpha value is -3.35. The number of benzene rings is 2. The first kappa shape index (κ1) is 16.1. The maximum Gasteiger partial charge on any atom is 0.319 e. The maximum atomic E-state index is 12.3. The Labute approximate surface area is 151 Å². The van der Waals surface area contributed by atoms with E-state index in [9.17, 15) is 4.79 Å². The van der Waals surface area contributed by atoms with Gasteiger partial charge < -0.3 is 15.5 Å². The number of nitrogens with one attached hydrogen (secondary N) is 3. The third-order valence-electron chi connectivity index (χ3n) is 4.44. The van der Waals surface area contributed by atoms with Gasteiger partial charge in [-0.25, -0.2) is 9.78 Å². The number of fused-ring (bicyclic) bond motifs is 1. The molecule has 0 unspecified atom stereocenters. The summed E-state index contributed by atoms with van der Waals surface area (Å²) >= 11 is 0. The normalized spacial score (nSPS) is 12.7. The molecule has 7 heteroatoms. The van der Waals surface area contributed by atoms with E-state index in [4.69, 9.17) is 0 Å². The molecule has 0 saturated heterocycles. The van der Waals surface area contributed by atoms with E-state index < -0.39 is 0 Å². The van der Waals surface area contributed by atoms with E-state index in [1.165, 1.54) is 17.6 Å². The first-order valence-corrected chi connectivity index (χ1v) is 8.65. The fourth-order valence-corrected chi connectivity index (χ4v) is 3.22. The molecule has 3 N–H and O–H groups in total. The Kier molecular flexibility index (Phi) is 4.51. The summed E-state index contributed by atoms with van der Waals surface area (Å²) < 4.78 is 0. The van der Waals surface area contributed by atoms with Crippen LogP contribution in [0.15, 0.2) is 54.9 Å². The molecule has 0 radical (unpaired) electrons. The van der Waals surface area contributed by atoms with Crippen molar-refractivity contribution in [1.29, 1.82) is 0 Å². The van der Waals surface area contributed by atoms with Crippen molar-refractivity contribution in [3.05, 3.63) is 66.2 Å². The van der Waals surface area contributed by atoms with E-state index in [1.54, 1.807) is 0 Å². The van der Waals surface area contributed by atoms with E-state index in [0.29, 0.717) is 13.0 Å². The summed E-state index contributed by atoms with van der Waals surface area (Å²) in [5, 5.41) is 12.4. The first-order valence-electron chi connectivity index (χ1n) is 8.65. The number of aromatic amines is 1. The molecule has 0 spiro atoms. The van der Waals surface area contributed by atoms with Gasteiger partial charge in [-0.05, 0) is 30.2 Å². The average Bonchev–Trinajstić information content (AvgIpc) is 3.32. The van der Waals surface area contributed by atoms with Crippen molar-refractivity contribution < 1.29 is 4.79 Å². The lowest BCUT2D eigenvalue weighted by molar-refractivity contribution is 0.252. The predicted octanol–water partition coefficient (Wildman–Crippen LogP) is 2.86. The van der Waals surface area contributed by atoms with Gasteiger partial charge in [-0.3, -0.25) is 5.10 Å². The van der Waals surface area contributed by atoms with Crippen molar-refractivity contribution in [2.75, 3.05) is 23.3 Å². The van der Waals surface area contributed by atoms with Crippen molar-refractivity contribution in [2.45, 2.75) is 12.8 Å². The zero-order valence-corrected chi connectivity index (χ0v) is 14.3. The minimum absolute atomic E-state index is 0.232. The molecule has 0 fully saturated rings. The molecule has 1 aliphatic heterocycles. The third-order valence-corrected chi connectivity index (χ3v) is 4.44. The molecule has 4 rings (SSSR count). The number of urea groups is 1. The summed E-state index contributed by atoms with van der Waals surface area (Å²) in [5.74, 6) is 0.749. The van der Waals surface area contributed by atoms with Gasteiger partial charge in [0.05, 0.1) is 11.4 Å². The molecule has 2 amide bonds. The second-order valence-corrected chi connectivity index (χ2v) is 6.11. The van der Waals surface area contributed by atoms with Gasteiger partial charge in [0.2, 0.25) is 0 Å². The first-order chi connectivity index (χ1) is 12.8. The Morgan fingerprint density at radius 1 is 1.12 bits per heavy atom. The van der Waals surface area contributed by atoms with Crippen LogP contribution in [0.1, 0.15) is 11.4 Å². The Morgan fingerprint density at radius 2 is 1.92 bits per heavy atom. The largest absolute Gasteiger partial charge is 0.339 e. The summed E-state index contributed by atoms with van der Waals surface area (Å²) in [7, 11) is 0. The number of para-hydroxylation sites is 3. The van der Waals surface area contributed by atoms with Gasteiger partial charge in [0, 0.05) is 25.2 Å². The molecular formula is C19H20N6O. The smallest absolute Gasteiger partial charge is 0.319 e. The van der Waals surface area contributed by atoms with Crippen molar-refractivity contribution in [3.63, 3.8) is 0 Å². The minimum atomic E-state index is -0.232. The molecule has 3 aromatic rings. The summed E-state index contributed by atoms with van der Waals surface area (Å²) in [5.41, 5.74) is 4.33. The van der Waals surface area contributed by atoms with E-state index in [1.807, 2.05) is 30.3 Å². The summed E-state index contributed by atoms with van der Waals surface area (Å²) in [6.07, 6.45) is 3.07. The fraction of sp³-hybridized carbons (Fsp3) is 0.211. The number of carbonyl (C=O) groups excluding carboxylic acids is 1. The number of nitrogens with zero attached hydrogens (tertiary/aromatic N) is 3. The van der Waals surface area contributed by atoms with Crippen LogP contribution in [0.5, 0.6) is 0 Å². The number of carbonyl (C=O) groups is 1. The van der Waals surface area contributed by atoms with Crippen LogP contribution in [0, 0.1) is 0 Å². The Balaban J connectivity index is 1.44. The van der Waals surface area contributed by atoms with E-state index in [-0.39, 0.29) is 6.03 Å². The second-order valence-electron chi connectivity index (χ2n) is 6.11.